The maximum atomic E-state index is 14.1. The molecule has 1 saturated carbocycles. The minimum Gasteiger partial charge on any atom is -0.363 e. The number of halogens is 1. The lowest BCUT2D eigenvalue weighted by Gasteiger charge is -2.28. The van der Waals surface area contributed by atoms with Crippen LogP contribution in [0.2, 0.25) is 0 Å². The molecule has 2 unspecified atom stereocenters. The summed E-state index contributed by atoms with van der Waals surface area (Å²) in [4.78, 5) is 21.4. The van der Waals surface area contributed by atoms with Crippen LogP contribution in [-0.4, -0.2) is 51.6 Å². The predicted molar refractivity (Wildman–Crippen MR) is 109 cm³/mol. The molecular formula is C21H23FN6O. The number of imidazole rings is 1. The van der Waals surface area contributed by atoms with E-state index in [0.717, 1.165) is 24.2 Å². The maximum Gasteiger partial charge on any atom is 0.251 e. The van der Waals surface area contributed by atoms with Crippen LogP contribution in [0.4, 0.5) is 10.2 Å². The van der Waals surface area contributed by atoms with Gasteiger partial charge in [0.2, 0.25) is 0 Å². The average molecular weight is 394 g/mol. The smallest absolute Gasteiger partial charge is 0.251 e. The predicted octanol–water partition coefficient (Wildman–Crippen LogP) is 2.40. The van der Waals surface area contributed by atoms with Crippen LogP contribution in [0.15, 0.2) is 42.7 Å². The normalized spacial score (nSPS) is 21.8. The quantitative estimate of drug-likeness (QED) is 0.619. The Morgan fingerprint density at radius 1 is 1.24 bits per heavy atom. The molecular weight excluding hydrogens is 371 g/mol. The molecule has 0 spiro atoms. The van der Waals surface area contributed by atoms with Crippen LogP contribution in [0, 0.1) is 0 Å². The van der Waals surface area contributed by atoms with Gasteiger partial charge in [0.1, 0.15) is 17.6 Å². The number of aromatic nitrogens is 3. The van der Waals surface area contributed by atoms with Crippen LogP contribution < -0.4 is 16.0 Å². The zero-order valence-electron chi connectivity index (χ0n) is 15.9. The fraction of sp³-hybridized carbons (Fsp3) is 0.381. The molecule has 8 heteroatoms. The van der Waals surface area contributed by atoms with Crippen molar-refractivity contribution in [3.8, 4) is 11.4 Å². The molecule has 29 heavy (non-hydrogen) atoms. The van der Waals surface area contributed by atoms with Crippen LogP contribution >= 0.6 is 0 Å². The zero-order chi connectivity index (χ0) is 19.8. The fourth-order valence-electron chi connectivity index (χ4n) is 3.62. The Bertz CT molecular complexity index is 1050. The first-order valence-corrected chi connectivity index (χ1v) is 10.0. The molecule has 0 bridgehead atoms. The van der Waals surface area contributed by atoms with Gasteiger partial charge in [-0.1, -0.05) is 6.07 Å². The first-order valence-electron chi connectivity index (χ1n) is 10.0. The van der Waals surface area contributed by atoms with Gasteiger partial charge in [-0.15, -0.1) is 0 Å². The molecule has 4 heterocycles. The first kappa shape index (κ1) is 18.1. The number of carbonyl (C=O) groups is 1. The second kappa shape index (κ2) is 7.44. The van der Waals surface area contributed by atoms with E-state index < -0.39 is 6.17 Å². The Labute approximate surface area is 167 Å². The Hall–Kier alpha value is -3.00. The van der Waals surface area contributed by atoms with E-state index in [4.69, 9.17) is 0 Å². The van der Waals surface area contributed by atoms with Crippen LogP contribution in [0.1, 0.15) is 29.6 Å². The number of rotatable bonds is 5. The van der Waals surface area contributed by atoms with Gasteiger partial charge in [-0.3, -0.25) is 9.20 Å². The van der Waals surface area contributed by atoms with Crippen molar-refractivity contribution in [3.63, 3.8) is 0 Å². The number of hydrogen-bond acceptors (Lipinski definition) is 5. The lowest BCUT2D eigenvalue weighted by Crippen LogP contribution is -2.46. The Morgan fingerprint density at radius 2 is 2.14 bits per heavy atom. The van der Waals surface area contributed by atoms with E-state index in [1.807, 2.05) is 28.8 Å². The van der Waals surface area contributed by atoms with Crippen molar-refractivity contribution in [1.82, 2.24) is 25.0 Å². The number of piperidine rings is 1. The molecule has 3 aromatic rings. The molecule has 7 nitrogen and oxygen atoms in total. The molecule has 1 amide bonds. The molecule has 150 valence electrons. The molecule has 1 aliphatic heterocycles. The number of anilines is 1. The highest BCUT2D eigenvalue weighted by Crippen LogP contribution is 2.23. The lowest BCUT2D eigenvalue weighted by atomic mass is 10.1. The Kier molecular flexibility index (Phi) is 4.63. The van der Waals surface area contributed by atoms with Crippen LogP contribution in [-0.2, 0) is 0 Å². The fourth-order valence-corrected chi connectivity index (χ4v) is 3.62. The zero-order valence-corrected chi connectivity index (χ0v) is 15.9. The Morgan fingerprint density at radius 3 is 2.97 bits per heavy atom. The number of hydrogen-bond donors (Lipinski definition) is 3. The number of nitrogens with zero attached hydrogens (tertiary/aromatic N) is 3. The molecule has 2 aliphatic rings. The van der Waals surface area contributed by atoms with E-state index in [1.165, 1.54) is 0 Å². The van der Waals surface area contributed by atoms with E-state index in [-0.39, 0.29) is 11.9 Å². The van der Waals surface area contributed by atoms with Crippen LogP contribution in [0.3, 0.4) is 0 Å². The highest BCUT2D eigenvalue weighted by atomic mass is 19.1. The molecule has 3 N–H and O–H groups in total. The molecule has 5 rings (SSSR count). The molecule has 3 aromatic heterocycles. The molecule has 1 aliphatic carbocycles. The number of pyridine rings is 2. The summed E-state index contributed by atoms with van der Waals surface area (Å²) in [5.41, 5.74) is 2.83. The van der Waals surface area contributed by atoms with Gasteiger partial charge >= 0.3 is 0 Å². The summed E-state index contributed by atoms with van der Waals surface area (Å²) in [7, 11) is 0. The maximum absolute atomic E-state index is 14.1. The van der Waals surface area contributed by atoms with E-state index >= 15 is 0 Å². The number of amides is 1. The summed E-state index contributed by atoms with van der Waals surface area (Å²) < 4.78 is 16.0. The topological polar surface area (TPSA) is 83.4 Å². The highest BCUT2D eigenvalue weighted by Gasteiger charge is 2.25. The van der Waals surface area contributed by atoms with Gasteiger partial charge in [-0.2, -0.15) is 0 Å². The summed E-state index contributed by atoms with van der Waals surface area (Å²) in [6.07, 6.45) is 5.29. The number of fused-ring (bicyclic) bond motifs is 1. The van der Waals surface area contributed by atoms with Gasteiger partial charge < -0.3 is 16.0 Å². The van der Waals surface area contributed by atoms with Gasteiger partial charge in [0.15, 0.2) is 0 Å². The third-order valence-corrected chi connectivity index (χ3v) is 5.43. The first-order chi connectivity index (χ1) is 14.2. The molecule has 2 atom stereocenters. The van der Waals surface area contributed by atoms with E-state index in [1.54, 1.807) is 18.3 Å². The monoisotopic (exact) mass is 394 g/mol. The minimum atomic E-state index is -0.891. The van der Waals surface area contributed by atoms with Gasteiger partial charge in [0.05, 0.1) is 23.6 Å². The van der Waals surface area contributed by atoms with Crippen molar-refractivity contribution in [2.45, 2.75) is 37.5 Å². The summed E-state index contributed by atoms with van der Waals surface area (Å²) in [5, 5.41) is 9.39. The summed E-state index contributed by atoms with van der Waals surface area (Å²) in [6.45, 7) is 1.28. The second-order valence-corrected chi connectivity index (χ2v) is 7.70. The highest BCUT2D eigenvalue weighted by molar-refractivity contribution is 5.95. The SMILES string of the molecule is O=C(NC1CC1)c1ccn2c(-c3cccc(NC4CNCCC4F)n3)cnc2c1. The third kappa shape index (κ3) is 3.80. The van der Waals surface area contributed by atoms with Crippen molar-refractivity contribution in [3.05, 3.63) is 48.3 Å². The van der Waals surface area contributed by atoms with Gasteiger partial charge in [0, 0.05) is 24.3 Å². The third-order valence-electron chi connectivity index (χ3n) is 5.43. The van der Waals surface area contributed by atoms with Gasteiger partial charge in [0.25, 0.3) is 5.91 Å². The molecule has 1 saturated heterocycles. The minimum absolute atomic E-state index is 0.0641. The molecule has 0 radical (unpaired) electrons. The second-order valence-electron chi connectivity index (χ2n) is 7.70. The summed E-state index contributed by atoms with van der Waals surface area (Å²) >= 11 is 0. The Balaban J connectivity index is 1.39. The van der Waals surface area contributed by atoms with Crippen molar-refractivity contribution in [2.24, 2.45) is 0 Å². The number of alkyl halides is 1. The number of nitrogens with one attached hydrogen (secondary N) is 3. The molecule has 2 fully saturated rings. The standard InChI is InChI=1S/C21H23FN6O/c22-15-6-8-23-11-17(15)27-19-3-1-2-16(26-19)18-12-24-20-10-13(7-9-28(18)20)21(29)25-14-4-5-14/h1-3,7,9-10,12,14-15,17,23H,4-6,8,11H2,(H,25,29)(H,26,27). The van der Waals surface area contributed by atoms with E-state index in [9.17, 15) is 9.18 Å². The average Bonchev–Trinajstić information content (AvgIpc) is 3.45. The van der Waals surface area contributed by atoms with Crippen molar-refractivity contribution in [2.75, 3.05) is 18.4 Å². The van der Waals surface area contributed by atoms with Crippen LogP contribution in [0.5, 0.6) is 0 Å². The summed E-state index contributed by atoms with van der Waals surface area (Å²) in [5.74, 6) is 0.569. The molecule has 0 aromatic carbocycles. The largest absolute Gasteiger partial charge is 0.363 e. The summed E-state index contributed by atoms with van der Waals surface area (Å²) in [6, 6.07) is 9.23. The van der Waals surface area contributed by atoms with E-state index in [2.05, 4.69) is 25.9 Å². The van der Waals surface area contributed by atoms with Crippen LogP contribution in [0.25, 0.3) is 17.0 Å². The van der Waals surface area contributed by atoms with Gasteiger partial charge in [-0.25, -0.2) is 14.4 Å². The van der Waals surface area contributed by atoms with E-state index in [0.29, 0.717) is 42.6 Å². The van der Waals surface area contributed by atoms with Crippen molar-refractivity contribution in [1.29, 1.82) is 0 Å². The number of carbonyl (C=O) groups excluding carboxylic acids is 1. The lowest BCUT2D eigenvalue weighted by molar-refractivity contribution is 0.0951. The van der Waals surface area contributed by atoms with Gasteiger partial charge in [-0.05, 0) is 50.1 Å². The van der Waals surface area contributed by atoms with Crippen molar-refractivity contribution >= 4 is 17.4 Å². The van der Waals surface area contributed by atoms with Crippen molar-refractivity contribution < 1.29 is 9.18 Å².